The first-order chi connectivity index (χ1) is 18.6. The Morgan fingerprint density at radius 3 is 1.95 bits per heavy atom. The van der Waals surface area contributed by atoms with Crippen LogP contribution in [0, 0.1) is 11.3 Å². The number of nitriles is 1. The number of carbonyl (C=O) groups excluding carboxylic acids is 1. The van der Waals surface area contributed by atoms with Gasteiger partial charge in [0.05, 0.1) is 29.8 Å². The van der Waals surface area contributed by atoms with Crippen molar-refractivity contribution in [3.05, 3.63) is 155 Å². The standard InChI is InChI=1S/C33H29N3O2.BrH/c1-25(37)38-23-27-14-18-31(19-15-27)33(29-8-4-2-5-9-29,30-10-6-3-7-11-30)32(36-21-20-35-24-36)28-16-12-26(22-34)13-17-28;/h2-21,32,35H,23-24H2,1H3;1H. The van der Waals surface area contributed by atoms with E-state index in [9.17, 15) is 10.1 Å². The molecule has 6 heteroatoms. The normalized spacial score (nSPS) is 13.1. The second kappa shape index (κ2) is 12.5. The summed E-state index contributed by atoms with van der Waals surface area (Å²) in [7, 11) is 0. The van der Waals surface area contributed by atoms with Crippen molar-refractivity contribution in [2.45, 2.75) is 25.0 Å². The first-order valence-electron chi connectivity index (χ1n) is 12.6. The van der Waals surface area contributed by atoms with Crippen molar-refractivity contribution in [3.8, 4) is 6.07 Å². The molecule has 1 aliphatic heterocycles. The molecule has 1 N–H and O–H groups in total. The number of rotatable bonds is 8. The number of nitrogens with zero attached hydrogens (tertiary/aromatic N) is 2. The Kier molecular flexibility index (Phi) is 8.85. The molecule has 0 saturated heterocycles. The quantitative estimate of drug-likeness (QED) is 0.188. The maximum absolute atomic E-state index is 11.4. The van der Waals surface area contributed by atoms with Crippen molar-refractivity contribution < 1.29 is 9.53 Å². The number of nitrogens with one attached hydrogen (secondary N) is 1. The van der Waals surface area contributed by atoms with Crippen LogP contribution < -0.4 is 5.32 Å². The van der Waals surface area contributed by atoms with Gasteiger partial charge in [-0.2, -0.15) is 5.26 Å². The lowest BCUT2D eigenvalue weighted by atomic mass is 9.62. The zero-order valence-electron chi connectivity index (χ0n) is 21.7. The van der Waals surface area contributed by atoms with Gasteiger partial charge < -0.3 is 15.0 Å². The number of halogens is 1. The average molecular weight is 581 g/mol. The van der Waals surface area contributed by atoms with Crippen molar-refractivity contribution in [2.24, 2.45) is 0 Å². The number of ether oxygens (including phenoxy) is 1. The molecule has 4 aromatic rings. The largest absolute Gasteiger partial charge is 0.461 e. The molecule has 1 unspecified atom stereocenters. The highest BCUT2D eigenvalue weighted by molar-refractivity contribution is 8.93. The van der Waals surface area contributed by atoms with Crippen molar-refractivity contribution in [3.63, 3.8) is 0 Å². The minimum absolute atomic E-state index is 0. The Balaban J connectivity index is 0.00000353. The summed E-state index contributed by atoms with van der Waals surface area (Å²) in [6.45, 7) is 2.30. The molecule has 5 rings (SSSR count). The summed E-state index contributed by atoms with van der Waals surface area (Å²) >= 11 is 0. The molecule has 1 atom stereocenters. The van der Waals surface area contributed by atoms with Gasteiger partial charge in [0.25, 0.3) is 0 Å². The van der Waals surface area contributed by atoms with Crippen molar-refractivity contribution in [2.75, 3.05) is 6.67 Å². The molecule has 0 fully saturated rings. The predicted molar refractivity (Wildman–Crippen MR) is 158 cm³/mol. The molecule has 1 heterocycles. The molecule has 0 spiro atoms. The third-order valence-electron chi connectivity index (χ3n) is 7.06. The van der Waals surface area contributed by atoms with Gasteiger partial charge >= 0.3 is 5.97 Å². The first kappa shape index (κ1) is 27.7. The average Bonchev–Trinajstić information content (AvgIpc) is 3.50. The third-order valence-corrected chi connectivity index (χ3v) is 7.06. The summed E-state index contributed by atoms with van der Waals surface area (Å²) in [6.07, 6.45) is 4.07. The molecule has 39 heavy (non-hydrogen) atoms. The van der Waals surface area contributed by atoms with Crippen LogP contribution in [0.1, 0.15) is 46.3 Å². The molecule has 0 amide bonds. The topological polar surface area (TPSA) is 65.4 Å². The van der Waals surface area contributed by atoms with Crippen LogP contribution in [0.15, 0.2) is 122 Å². The highest BCUT2D eigenvalue weighted by Gasteiger charge is 2.47. The number of benzene rings is 4. The Hall–Kier alpha value is -4.34. The van der Waals surface area contributed by atoms with E-state index in [-0.39, 0.29) is 35.6 Å². The van der Waals surface area contributed by atoms with Gasteiger partial charge in [-0.1, -0.05) is 97.1 Å². The molecule has 0 radical (unpaired) electrons. The summed E-state index contributed by atoms with van der Waals surface area (Å²) in [4.78, 5) is 13.7. The second-order valence-corrected chi connectivity index (χ2v) is 9.35. The molecule has 4 aromatic carbocycles. The monoisotopic (exact) mass is 579 g/mol. The molecule has 0 aliphatic carbocycles. The number of hydrogen-bond acceptors (Lipinski definition) is 5. The SMILES string of the molecule is Br.CC(=O)OCc1ccc(C(c2ccccc2)(c2ccccc2)C(c2ccc(C#N)cc2)N2C=CNC2)cc1. The van der Waals surface area contributed by atoms with Crippen LogP contribution in [0.3, 0.4) is 0 Å². The molecular weight excluding hydrogens is 550 g/mol. The van der Waals surface area contributed by atoms with Gasteiger partial charge in [0.15, 0.2) is 0 Å². The highest BCUT2D eigenvalue weighted by Crippen LogP contribution is 2.51. The summed E-state index contributed by atoms with van der Waals surface area (Å²) in [5, 5.41) is 12.8. The Morgan fingerprint density at radius 2 is 1.46 bits per heavy atom. The summed E-state index contributed by atoms with van der Waals surface area (Å²) in [5.74, 6) is -0.300. The molecule has 0 aromatic heterocycles. The van der Waals surface area contributed by atoms with E-state index in [2.05, 4.69) is 95.3 Å². The van der Waals surface area contributed by atoms with Gasteiger partial charge in [-0.15, -0.1) is 17.0 Å². The van der Waals surface area contributed by atoms with E-state index >= 15 is 0 Å². The van der Waals surface area contributed by atoms with E-state index in [0.717, 1.165) is 27.8 Å². The van der Waals surface area contributed by atoms with Crippen molar-refractivity contribution >= 4 is 23.0 Å². The van der Waals surface area contributed by atoms with Crippen molar-refractivity contribution in [1.29, 1.82) is 5.26 Å². The van der Waals surface area contributed by atoms with Crippen LogP contribution in [0.2, 0.25) is 0 Å². The van der Waals surface area contributed by atoms with E-state index in [4.69, 9.17) is 4.74 Å². The maximum atomic E-state index is 11.4. The second-order valence-electron chi connectivity index (χ2n) is 9.35. The van der Waals surface area contributed by atoms with E-state index in [1.807, 2.05) is 42.6 Å². The van der Waals surface area contributed by atoms with Crippen LogP contribution >= 0.6 is 17.0 Å². The van der Waals surface area contributed by atoms with E-state index in [1.54, 1.807) is 0 Å². The van der Waals surface area contributed by atoms with Gasteiger partial charge in [-0.05, 0) is 39.9 Å². The first-order valence-corrected chi connectivity index (χ1v) is 12.6. The number of carbonyl (C=O) groups is 1. The van der Waals surface area contributed by atoms with E-state index in [1.165, 1.54) is 6.92 Å². The fraction of sp³-hybridized carbons (Fsp3) is 0.152. The van der Waals surface area contributed by atoms with Crippen LogP contribution in [-0.2, 0) is 21.6 Å². The maximum Gasteiger partial charge on any atom is 0.302 e. The molecule has 5 nitrogen and oxygen atoms in total. The Labute approximate surface area is 240 Å². The summed E-state index contributed by atoms with van der Waals surface area (Å²) < 4.78 is 5.25. The molecule has 1 aliphatic rings. The van der Waals surface area contributed by atoms with E-state index in [0.29, 0.717) is 12.2 Å². The fourth-order valence-electron chi connectivity index (χ4n) is 5.39. The lowest BCUT2D eigenvalue weighted by molar-refractivity contribution is -0.142. The van der Waals surface area contributed by atoms with Gasteiger partial charge in [0, 0.05) is 19.3 Å². The minimum Gasteiger partial charge on any atom is -0.461 e. The molecule has 0 bridgehead atoms. The number of hydrogen-bond donors (Lipinski definition) is 1. The van der Waals surface area contributed by atoms with Crippen molar-refractivity contribution in [1.82, 2.24) is 10.2 Å². The smallest absolute Gasteiger partial charge is 0.302 e. The van der Waals surface area contributed by atoms with Gasteiger partial charge in [-0.3, -0.25) is 4.79 Å². The van der Waals surface area contributed by atoms with Crippen LogP contribution in [0.4, 0.5) is 0 Å². The number of esters is 1. The van der Waals surface area contributed by atoms with E-state index < -0.39 is 5.41 Å². The summed E-state index contributed by atoms with van der Waals surface area (Å²) in [5.41, 5.74) is 5.43. The van der Waals surface area contributed by atoms with Crippen LogP contribution in [0.5, 0.6) is 0 Å². The van der Waals surface area contributed by atoms with Gasteiger partial charge in [0.1, 0.15) is 6.61 Å². The van der Waals surface area contributed by atoms with Gasteiger partial charge in [-0.25, -0.2) is 0 Å². The third kappa shape index (κ3) is 5.59. The Bertz CT molecular complexity index is 1410. The zero-order valence-corrected chi connectivity index (χ0v) is 23.4. The van der Waals surface area contributed by atoms with Gasteiger partial charge in [0.2, 0.25) is 0 Å². The lowest BCUT2D eigenvalue weighted by Crippen LogP contribution is -2.44. The molecular formula is C33H30BrN3O2. The lowest BCUT2D eigenvalue weighted by Gasteiger charge is -2.47. The molecule has 196 valence electrons. The van der Waals surface area contributed by atoms with Crippen LogP contribution in [-0.4, -0.2) is 17.5 Å². The Morgan fingerprint density at radius 1 is 0.897 bits per heavy atom. The predicted octanol–water partition coefficient (Wildman–Crippen LogP) is 6.61. The molecule has 0 saturated carbocycles. The zero-order chi connectivity index (χ0) is 26.4. The fourth-order valence-corrected chi connectivity index (χ4v) is 5.39. The van der Waals surface area contributed by atoms with Crippen LogP contribution in [0.25, 0.3) is 0 Å². The summed E-state index contributed by atoms with van der Waals surface area (Å²) in [6, 6.07) is 39.5. The minimum atomic E-state index is -0.618. The highest BCUT2D eigenvalue weighted by atomic mass is 79.9.